The number of hydrogen-bond acceptors (Lipinski definition) is 4. The second-order valence-electron chi connectivity index (χ2n) is 7.52. The third kappa shape index (κ3) is 4.12. The Morgan fingerprint density at radius 1 is 1.40 bits per heavy atom. The van der Waals surface area contributed by atoms with E-state index in [0.29, 0.717) is 6.54 Å². The van der Waals surface area contributed by atoms with Gasteiger partial charge in [-0.2, -0.15) is 5.10 Å². The molecular formula is C19H27N3O3. The van der Waals surface area contributed by atoms with Crippen molar-refractivity contribution in [1.29, 1.82) is 0 Å². The Morgan fingerprint density at radius 2 is 2.20 bits per heavy atom. The molecule has 1 aromatic carbocycles. The minimum Gasteiger partial charge on any atom is -0.444 e. The smallest absolute Gasteiger partial charge is 0.407 e. The predicted octanol–water partition coefficient (Wildman–Crippen LogP) is 4.07. The van der Waals surface area contributed by atoms with Crippen LogP contribution < -0.4 is 5.32 Å². The molecule has 1 aromatic heterocycles. The monoisotopic (exact) mass is 345 g/mol. The standard InChI is InChI=1S/C19H27N3O3/c1-13-17-14(12-20-18(23)25-19(2,3)4)8-7-9-15(17)22(21-13)16-10-5-6-11-24-16/h7-9,16H,5-6,10-12H2,1-4H3,(H,20,23). The van der Waals surface area contributed by atoms with Crippen LogP contribution in [0.2, 0.25) is 0 Å². The van der Waals surface area contributed by atoms with Gasteiger partial charge in [-0.3, -0.25) is 0 Å². The van der Waals surface area contributed by atoms with E-state index in [1.165, 1.54) is 0 Å². The van der Waals surface area contributed by atoms with Crippen molar-refractivity contribution in [3.05, 3.63) is 29.5 Å². The molecule has 1 aliphatic rings. The Hall–Kier alpha value is -2.08. The van der Waals surface area contributed by atoms with Crippen molar-refractivity contribution in [2.75, 3.05) is 6.61 Å². The fraction of sp³-hybridized carbons (Fsp3) is 0.579. The van der Waals surface area contributed by atoms with Crippen molar-refractivity contribution in [2.24, 2.45) is 0 Å². The van der Waals surface area contributed by atoms with Crippen LogP contribution in [-0.2, 0) is 16.0 Å². The molecule has 1 saturated heterocycles. The molecule has 2 heterocycles. The number of rotatable bonds is 3. The molecule has 3 rings (SSSR count). The lowest BCUT2D eigenvalue weighted by atomic mass is 10.1. The summed E-state index contributed by atoms with van der Waals surface area (Å²) in [5.74, 6) is 0. The SMILES string of the molecule is Cc1nn(C2CCCCO2)c2cccc(CNC(=O)OC(C)(C)C)c12. The Morgan fingerprint density at radius 3 is 2.88 bits per heavy atom. The van der Waals surface area contributed by atoms with E-state index in [9.17, 15) is 4.79 Å². The highest BCUT2D eigenvalue weighted by atomic mass is 16.6. The molecular weight excluding hydrogens is 318 g/mol. The van der Waals surface area contributed by atoms with Gasteiger partial charge in [0.15, 0.2) is 6.23 Å². The van der Waals surface area contributed by atoms with Crippen LogP contribution in [0.1, 0.15) is 57.5 Å². The topological polar surface area (TPSA) is 65.4 Å². The van der Waals surface area contributed by atoms with Crippen molar-refractivity contribution in [3.8, 4) is 0 Å². The van der Waals surface area contributed by atoms with Gasteiger partial charge in [-0.15, -0.1) is 0 Å². The summed E-state index contributed by atoms with van der Waals surface area (Å²) in [5, 5.41) is 8.62. The number of nitrogens with one attached hydrogen (secondary N) is 1. The van der Waals surface area contributed by atoms with Crippen molar-refractivity contribution < 1.29 is 14.3 Å². The van der Waals surface area contributed by atoms with Crippen LogP contribution in [0.25, 0.3) is 10.9 Å². The van der Waals surface area contributed by atoms with Crippen molar-refractivity contribution >= 4 is 17.0 Å². The van der Waals surface area contributed by atoms with E-state index in [-0.39, 0.29) is 6.23 Å². The maximum absolute atomic E-state index is 11.9. The van der Waals surface area contributed by atoms with E-state index in [1.807, 2.05) is 44.5 Å². The number of amides is 1. The van der Waals surface area contributed by atoms with Gasteiger partial charge in [0.25, 0.3) is 0 Å². The minimum absolute atomic E-state index is 0.000912. The number of fused-ring (bicyclic) bond motifs is 1. The van der Waals surface area contributed by atoms with Crippen LogP contribution >= 0.6 is 0 Å². The fourth-order valence-electron chi connectivity index (χ4n) is 3.23. The van der Waals surface area contributed by atoms with Gasteiger partial charge in [0.05, 0.1) is 11.2 Å². The molecule has 0 radical (unpaired) electrons. The molecule has 2 aromatic rings. The average Bonchev–Trinajstić information content (AvgIpc) is 2.90. The van der Waals surface area contributed by atoms with Crippen LogP contribution in [0.5, 0.6) is 0 Å². The van der Waals surface area contributed by atoms with E-state index >= 15 is 0 Å². The summed E-state index contributed by atoms with van der Waals surface area (Å²) in [5.41, 5.74) is 2.52. The maximum atomic E-state index is 11.9. The summed E-state index contributed by atoms with van der Waals surface area (Å²) >= 11 is 0. The number of carbonyl (C=O) groups excluding carboxylic acids is 1. The lowest BCUT2D eigenvalue weighted by Gasteiger charge is -2.23. The Labute approximate surface area is 148 Å². The summed E-state index contributed by atoms with van der Waals surface area (Å²) in [7, 11) is 0. The Bertz CT molecular complexity index is 755. The first kappa shape index (κ1) is 17.7. The first-order chi connectivity index (χ1) is 11.8. The molecule has 1 N–H and O–H groups in total. The third-order valence-corrected chi connectivity index (χ3v) is 4.25. The normalized spacial score (nSPS) is 18.3. The number of aromatic nitrogens is 2. The lowest BCUT2D eigenvalue weighted by molar-refractivity contribution is -0.0368. The summed E-state index contributed by atoms with van der Waals surface area (Å²) < 4.78 is 13.2. The number of ether oxygens (including phenoxy) is 2. The van der Waals surface area contributed by atoms with Gasteiger partial charge in [0.1, 0.15) is 5.60 Å². The molecule has 25 heavy (non-hydrogen) atoms. The summed E-state index contributed by atoms with van der Waals surface area (Å²) in [6, 6.07) is 6.07. The van der Waals surface area contributed by atoms with E-state index in [0.717, 1.165) is 48.0 Å². The first-order valence-corrected chi connectivity index (χ1v) is 8.90. The van der Waals surface area contributed by atoms with Crippen molar-refractivity contribution in [2.45, 2.75) is 65.3 Å². The van der Waals surface area contributed by atoms with Gasteiger partial charge in [0, 0.05) is 18.5 Å². The second-order valence-corrected chi connectivity index (χ2v) is 7.52. The molecule has 6 nitrogen and oxygen atoms in total. The minimum atomic E-state index is -0.505. The van der Waals surface area contributed by atoms with Gasteiger partial charge in [-0.25, -0.2) is 9.48 Å². The van der Waals surface area contributed by atoms with Crippen LogP contribution in [-0.4, -0.2) is 28.1 Å². The maximum Gasteiger partial charge on any atom is 0.407 e. The molecule has 1 fully saturated rings. The van der Waals surface area contributed by atoms with Gasteiger partial charge in [-0.05, 0) is 58.6 Å². The van der Waals surface area contributed by atoms with Crippen LogP contribution in [0.4, 0.5) is 4.79 Å². The van der Waals surface area contributed by atoms with Crippen molar-refractivity contribution in [1.82, 2.24) is 15.1 Å². The Kier molecular flexibility index (Phi) is 4.99. The Balaban J connectivity index is 1.82. The molecule has 0 aliphatic carbocycles. The molecule has 1 amide bonds. The predicted molar refractivity (Wildman–Crippen MR) is 96.4 cm³/mol. The third-order valence-electron chi connectivity index (χ3n) is 4.25. The molecule has 6 heteroatoms. The summed E-state index contributed by atoms with van der Waals surface area (Å²) in [4.78, 5) is 11.9. The lowest BCUT2D eigenvalue weighted by Crippen LogP contribution is -2.32. The zero-order chi connectivity index (χ0) is 18.0. The number of benzene rings is 1. The molecule has 0 bridgehead atoms. The zero-order valence-corrected chi connectivity index (χ0v) is 15.5. The first-order valence-electron chi connectivity index (χ1n) is 8.90. The number of aryl methyl sites for hydroxylation is 1. The number of nitrogens with zero attached hydrogens (tertiary/aromatic N) is 2. The largest absolute Gasteiger partial charge is 0.444 e. The average molecular weight is 345 g/mol. The van der Waals surface area contributed by atoms with Crippen LogP contribution in [0.15, 0.2) is 18.2 Å². The molecule has 1 aliphatic heterocycles. The highest BCUT2D eigenvalue weighted by Gasteiger charge is 2.21. The number of hydrogen-bond donors (Lipinski definition) is 1. The van der Waals surface area contributed by atoms with Gasteiger partial charge in [-0.1, -0.05) is 12.1 Å². The number of alkyl carbamates (subject to hydrolysis) is 1. The molecule has 0 spiro atoms. The van der Waals surface area contributed by atoms with Gasteiger partial charge in [0.2, 0.25) is 0 Å². The van der Waals surface area contributed by atoms with Crippen molar-refractivity contribution in [3.63, 3.8) is 0 Å². The summed E-state index contributed by atoms with van der Waals surface area (Å²) in [6.45, 7) is 8.75. The number of carbonyl (C=O) groups is 1. The van der Waals surface area contributed by atoms with E-state index in [1.54, 1.807) is 0 Å². The fourth-order valence-corrected chi connectivity index (χ4v) is 3.23. The van der Waals surface area contributed by atoms with Gasteiger partial charge < -0.3 is 14.8 Å². The molecule has 0 saturated carbocycles. The molecule has 1 atom stereocenters. The highest BCUT2D eigenvalue weighted by molar-refractivity contribution is 5.85. The van der Waals surface area contributed by atoms with E-state index in [4.69, 9.17) is 14.6 Å². The molecule has 1 unspecified atom stereocenters. The molecule has 136 valence electrons. The zero-order valence-electron chi connectivity index (χ0n) is 15.5. The van der Waals surface area contributed by atoms with E-state index < -0.39 is 11.7 Å². The highest BCUT2D eigenvalue weighted by Crippen LogP contribution is 2.29. The van der Waals surface area contributed by atoms with Crippen LogP contribution in [0.3, 0.4) is 0 Å². The van der Waals surface area contributed by atoms with E-state index in [2.05, 4.69) is 11.4 Å². The van der Waals surface area contributed by atoms with Gasteiger partial charge >= 0.3 is 6.09 Å². The quantitative estimate of drug-likeness (QED) is 0.911. The van der Waals surface area contributed by atoms with Crippen LogP contribution in [0, 0.1) is 6.92 Å². The second kappa shape index (κ2) is 7.04. The summed E-state index contributed by atoms with van der Waals surface area (Å²) in [6.07, 6.45) is 2.84.